The average Bonchev–Trinajstić information content (AvgIpc) is 2.91. The smallest absolute Gasteiger partial charge is 0.348 e. The highest BCUT2D eigenvalue weighted by molar-refractivity contribution is 8.04. The maximum absolute atomic E-state index is 12.4. The van der Waals surface area contributed by atoms with E-state index < -0.39 is 27.5 Å². The number of nitriles is 1. The van der Waals surface area contributed by atoms with Crippen molar-refractivity contribution in [3.63, 3.8) is 0 Å². The van der Waals surface area contributed by atoms with Crippen LogP contribution in [0.3, 0.4) is 0 Å². The van der Waals surface area contributed by atoms with Crippen molar-refractivity contribution in [2.24, 2.45) is 0 Å². The van der Waals surface area contributed by atoms with Gasteiger partial charge in [-0.1, -0.05) is 11.6 Å². The number of sulfone groups is 1. The Hall–Kier alpha value is -2.06. The van der Waals surface area contributed by atoms with Gasteiger partial charge in [-0.2, -0.15) is 5.26 Å². The fraction of sp³-hybridized carbons (Fsp3) is 0.235. The summed E-state index contributed by atoms with van der Waals surface area (Å²) in [5.41, 5.74) is 0.492. The van der Waals surface area contributed by atoms with Crippen molar-refractivity contribution in [1.29, 1.82) is 5.26 Å². The van der Waals surface area contributed by atoms with Crippen molar-refractivity contribution in [2.45, 2.75) is 23.6 Å². The number of halogens is 1. The van der Waals surface area contributed by atoms with Gasteiger partial charge in [-0.05, 0) is 55.4 Å². The fourth-order valence-electron chi connectivity index (χ4n) is 2.20. The molecule has 2 rings (SSSR count). The van der Waals surface area contributed by atoms with E-state index in [0.717, 1.165) is 23.1 Å². The van der Waals surface area contributed by atoms with Crippen LogP contribution in [-0.4, -0.2) is 32.7 Å². The normalized spacial score (nSPS) is 10.9. The van der Waals surface area contributed by atoms with E-state index in [1.165, 1.54) is 24.3 Å². The summed E-state index contributed by atoms with van der Waals surface area (Å²) in [4.78, 5) is 25.0. The Balaban J connectivity index is 2.25. The highest BCUT2D eigenvalue weighted by Crippen LogP contribution is 2.40. The minimum Gasteiger partial charge on any atom is -0.462 e. The van der Waals surface area contributed by atoms with Crippen molar-refractivity contribution in [3.8, 4) is 5.40 Å². The van der Waals surface area contributed by atoms with Crippen molar-refractivity contribution < 1.29 is 22.7 Å². The number of carbonyl (C=O) groups is 2. The molecule has 0 aliphatic heterocycles. The van der Waals surface area contributed by atoms with Crippen LogP contribution in [0, 0.1) is 17.6 Å². The Morgan fingerprint density at radius 2 is 1.96 bits per heavy atom. The molecule has 1 amide bonds. The lowest BCUT2D eigenvalue weighted by Gasteiger charge is -2.06. The number of thiocyanates is 1. The summed E-state index contributed by atoms with van der Waals surface area (Å²) in [7, 11) is -3.88. The molecule has 0 saturated carbocycles. The van der Waals surface area contributed by atoms with E-state index in [1.54, 1.807) is 13.8 Å². The van der Waals surface area contributed by atoms with Gasteiger partial charge in [-0.15, -0.1) is 11.3 Å². The molecule has 1 aromatic carbocycles. The Kier molecular flexibility index (Phi) is 7.48. The molecule has 1 heterocycles. The Morgan fingerprint density at radius 3 is 2.54 bits per heavy atom. The molecular weight excluding hydrogens is 444 g/mol. The van der Waals surface area contributed by atoms with Gasteiger partial charge in [0.2, 0.25) is 5.91 Å². The number of hydrogen-bond donors (Lipinski definition) is 1. The van der Waals surface area contributed by atoms with Crippen LogP contribution in [0.4, 0.5) is 5.00 Å². The first-order valence-electron chi connectivity index (χ1n) is 7.84. The summed E-state index contributed by atoms with van der Waals surface area (Å²) in [5, 5.41) is 14.0. The second-order valence-corrected chi connectivity index (χ2v) is 9.63. The number of ether oxygens (including phenoxy) is 1. The number of benzene rings is 1. The van der Waals surface area contributed by atoms with Crippen LogP contribution in [0.15, 0.2) is 34.1 Å². The van der Waals surface area contributed by atoms with E-state index in [0.29, 0.717) is 15.5 Å². The van der Waals surface area contributed by atoms with E-state index in [2.05, 4.69) is 5.32 Å². The van der Waals surface area contributed by atoms with Gasteiger partial charge in [0.05, 0.1) is 16.4 Å². The zero-order valence-electron chi connectivity index (χ0n) is 14.8. The second-order valence-electron chi connectivity index (χ2n) is 5.39. The third-order valence-corrected chi connectivity index (χ3v) is 7.45. The first-order chi connectivity index (χ1) is 13.2. The summed E-state index contributed by atoms with van der Waals surface area (Å²) in [6.07, 6.45) is 0. The largest absolute Gasteiger partial charge is 0.462 e. The zero-order chi connectivity index (χ0) is 20.9. The van der Waals surface area contributed by atoms with E-state index >= 15 is 0 Å². The number of nitrogens with zero attached hydrogens (tertiary/aromatic N) is 1. The zero-order valence-corrected chi connectivity index (χ0v) is 18.0. The van der Waals surface area contributed by atoms with Crippen molar-refractivity contribution in [2.75, 3.05) is 17.7 Å². The van der Waals surface area contributed by atoms with Gasteiger partial charge in [0.25, 0.3) is 0 Å². The minimum atomic E-state index is -3.88. The number of carbonyl (C=O) groups excluding carboxylic acids is 2. The predicted octanol–water partition coefficient (Wildman–Crippen LogP) is 3.87. The summed E-state index contributed by atoms with van der Waals surface area (Å²) < 4.78 is 29.7. The number of amides is 1. The van der Waals surface area contributed by atoms with E-state index in [9.17, 15) is 18.0 Å². The van der Waals surface area contributed by atoms with Gasteiger partial charge < -0.3 is 10.1 Å². The monoisotopic (exact) mass is 458 g/mol. The lowest BCUT2D eigenvalue weighted by atomic mass is 10.3. The van der Waals surface area contributed by atoms with Crippen molar-refractivity contribution >= 4 is 61.4 Å². The Morgan fingerprint density at radius 1 is 1.32 bits per heavy atom. The Labute approximate surface area is 175 Å². The molecule has 0 unspecified atom stereocenters. The summed E-state index contributed by atoms with van der Waals surface area (Å²) in [6, 6.07) is 5.47. The standard InChI is InChI=1S/C17H15ClN2O5S3/c1-3-25-17(22)15-10(2)14(26-9-19)16(27-15)20-13(21)8-28(23,24)12-6-4-11(18)5-7-12/h4-7H,3,8H2,1-2H3,(H,20,21). The van der Waals surface area contributed by atoms with Crippen molar-refractivity contribution in [1.82, 2.24) is 0 Å². The van der Waals surface area contributed by atoms with E-state index in [1.807, 2.05) is 5.40 Å². The molecule has 2 aromatic rings. The molecule has 11 heteroatoms. The lowest BCUT2D eigenvalue weighted by Crippen LogP contribution is -2.22. The van der Waals surface area contributed by atoms with Crippen LogP contribution < -0.4 is 5.32 Å². The van der Waals surface area contributed by atoms with Crippen LogP contribution >= 0.6 is 34.7 Å². The number of rotatable bonds is 7. The number of thioether (sulfide) groups is 1. The molecule has 0 bridgehead atoms. The number of hydrogen-bond acceptors (Lipinski definition) is 8. The third kappa shape index (κ3) is 5.26. The van der Waals surface area contributed by atoms with Crippen molar-refractivity contribution in [3.05, 3.63) is 39.7 Å². The molecule has 28 heavy (non-hydrogen) atoms. The van der Waals surface area contributed by atoms with Crippen LogP contribution in [0.25, 0.3) is 0 Å². The van der Waals surface area contributed by atoms with E-state index in [4.69, 9.17) is 21.6 Å². The molecule has 148 valence electrons. The van der Waals surface area contributed by atoms with Crippen LogP contribution in [0.2, 0.25) is 5.02 Å². The molecule has 1 aromatic heterocycles. The first-order valence-corrected chi connectivity index (χ1v) is 11.5. The van der Waals surface area contributed by atoms with Gasteiger partial charge in [0.1, 0.15) is 21.0 Å². The molecule has 0 radical (unpaired) electrons. The van der Waals surface area contributed by atoms with Gasteiger partial charge >= 0.3 is 5.97 Å². The summed E-state index contributed by atoms with van der Waals surface area (Å²) in [6.45, 7) is 3.47. The number of esters is 1. The SMILES string of the molecule is CCOC(=O)c1sc(NC(=O)CS(=O)(=O)c2ccc(Cl)cc2)c(SC#N)c1C. The second kappa shape index (κ2) is 9.43. The van der Waals surface area contributed by atoms with Gasteiger partial charge in [-0.3, -0.25) is 4.79 Å². The number of anilines is 1. The molecule has 0 saturated heterocycles. The molecular formula is C17H15ClN2O5S3. The van der Waals surface area contributed by atoms with E-state index in [-0.39, 0.29) is 21.4 Å². The van der Waals surface area contributed by atoms with Gasteiger partial charge in [-0.25, -0.2) is 13.2 Å². The topological polar surface area (TPSA) is 113 Å². The van der Waals surface area contributed by atoms with Gasteiger partial charge in [0.15, 0.2) is 9.84 Å². The molecule has 1 N–H and O–H groups in total. The molecule has 0 spiro atoms. The number of thiophene rings is 1. The molecule has 0 atom stereocenters. The quantitative estimate of drug-likeness (QED) is 0.380. The fourth-order valence-corrected chi connectivity index (χ4v) is 5.28. The highest BCUT2D eigenvalue weighted by Gasteiger charge is 2.25. The minimum absolute atomic E-state index is 0.0340. The summed E-state index contributed by atoms with van der Waals surface area (Å²) >= 11 is 7.46. The summed E-state index contributed by atoms with van der Waals surface area (Å²) in [5.74, 6) is -2.15. The van der Waals surface area contributed by atoms with Crippen LogP contribution in [0.5, 0.6) is 0 Å². The third-order valence-electron chi connectivity index (χ3n) is 3.45. The first kappa shape index (κ1) is 22.2. The molecule has 0 aliphatic carbocycles. The Bertz CT molecular complexity index is 1040. The van der Waals surface area contributed by atoms with Crippen LogP contribution in [0.1, 0.15) is 22.2 Å². The van der Waals surface area contributed by atoms with Gasteiger partial charge in [0, 0.05) is 5.02 Å². The van der Waals surface area contributed by atoms with Crippen LogP contribution in [-0.2, 0) is 19.4 Å². The lowest BCUT2D eigenvalue weighted by molar-refractivity contribution is -0.113. The predicted molar refractivity (Wildman–Crippen MR) is 109 cm³/mol. The molecule has 0 aliphatic rings. The molecule has 0 fully saturated rings. The number of nitrogens with one attached hydrogen (secondary N) is 1. The average molecular weight is 459 g/mol. The maximum Gasteiger partial charge on any atom is 0.348 e. The highest BCUT2D eigenvalue weighted by atomic mass is 35.5. The molecule has 7 nitrogen and oxygen atoms in total. The maximum atomic E-state index is 12.4.